The van der Waals surface area contributed by atoms with Gasteiger partial charge in [-0.2, -0.15) is 0 Å². The van der Waals surface area contributed by atoms with E-state index in [1.165, 1.54) is 0 Å². The molecule has 0 saturated carbocycles. The van der Waals surface area contributed by atoms with E-state index in [0.717, 1.165) is 41.9 Å². The predicted octanol–water partition coefficient (Wildman–Crippen LogP) is 2.35. The molecule has 0 spiro atoms. The first-order chi connectivity index (χ1) is 12.6. The first kappa shape index (κ1) is 17.9. The molecule has 0 unspecified atom stereocenters. The van der Waals surface area contributed by atoms with E-state index in [1.807, 2.05) is 36.4 Å². The average molecular weight is 355 g/mol. The Kier molecular flexibility index (Phi) is 5.51. The second kappa shape index (κ2) is 7.99. The lowest BCUT2D eigenvalue weighted by molar-refractivity contribution is -0.119. The van der Waals surface area contributed by atoms with Crippen LogP contribution in [0.1, 0.15) is 17.5 Å². The molecule has 0 atom stereocenters. The number of nitrogens with zero attached hydrogens (tertiary/aromatic N) is 1. The third-order valence-corrected chi connectivity index (χ3v) is 4.66. The Labute approximate surface area is 153 Å². The van der Waals surface area contributed by atoms with Crippen molar-refractivity contribution >= 4 is 17.3 Å². The fourth-order valence-corrected chi connectivity index (χ4v) is 3.31. The average Bonchev–Trinajstić information content (AvgIpc) is 2.67. The molecular formula is C20H25N3O3. The Bertz CT molecular complexity index is 792. The molecular weight excluding hydrogens is 330 g/mol. The number of hydrogen-bond donors (Lipinski definition) is 2. The molecule has 1 heterocycles. The number of nitrogen functional groups attached to an aromatic ring is 1. The zero-order valence-electron chi connectivity index (χ0n) is 15.2. The number of carbonyl (C=O) groups excluding carboxylic acids is 1. The van der Waals surface area contributed by atoms with Crippen LogP contribution in [0.3, 0.4) is 0 Å². The molecule has 0 fully saturated rings. The number of rotatable bonds is 6. The van der Waals surface area contributed by atoms with E-state index >= 15 is 0 Å². The van der Waals surface area contributed by atoms with Crippen LogP contribution in [0.2, 0.25) is 0 Å². The maximum atomic E-state index is 12.4. The number of anilines is 2. The van der Waals surface area contributed by atoms with Crippen LogP contribution in [-0.2, 0) is 17.8 Å². The minimum atomic E-state index is -0.0185. The maximum absolute atomic E-state index is 12.4. The van der Waals surface area contributed by atoms with Gasteiger partial charge >= 0.3 is 0 Å². The number of nitrogens with one attached hydrogen (secondary N) is 1. The van der Waals surface area contributed by atoms with Gasteiger partial charge in [0.25, 0.3) is 0 Å². The highest BCUT2D eigenvalue weighted by molar-refractivity contribution is 5.82. The van der Waals surface area contributed by atoms with Crippen LogP contribution in [0.5, 0.6) is 11.5 Å². The first-order valence-electron chi connectivity index (χ1n) is 8.72. The van der Waals surface area contributed by atoms with E-state index < -0.39 is 0 Å². The van der Waals surface area contributed by atoms with Crippen LogP contribution < -0.4 is 25.4 Å². The normalized spacial score (nSPS) is 13.1. The minimum absolute atomic E-state index is 0.0185. The predicted molar refractivity (Wildman–Crippen MR) is 103 cm³/mol. The van der Waals surface area contributed by atoms with Crippen molar-refractivity contribution in [1.82, 2.24) is 5.32 Å². The van der Waals surface area contributed by atoms with Crippen LogP contribution in [0.4, 0.5) is 11.4 Å². The van der Waals surface area contributed by atoms with Crippen molar-refractivity contribution in [2.24, 2.45) is 0 Å². The van der Waals surface area contributed by atoms with E-state index in [-0.39, 0.29) is 5.91 Å². The number of carbonyl (C=O) groups is 1. The van der Waals surface area contributed by atoms with Gasteiger partial charge in [0.15, 0.2) is 11.5 Å². The third kappa shape index (κ3) is 3.85. The molecule has 0 saturated heterocycles. The van der Waals surface area contributed by atoms with Crippen LogP contribution in [0.25, 0.3) is 0 Å². The van der Waals surface area contributed by atoms with Crippen LogP contribution in [0.15, 0.2) is 36.4 Å². The number of ether oxygens (including phenoxy) is 2. The lowest BCUT2D eigenvalue weighted by Gasteiger charge is -2.31. The van der Waals surface area contributed by atoms with Crippen LogP contribution >= 0.6 is 0 Å². The third-order valence-electron chi connectivity index (χ3n) is 4.66. The Morgan fingerprint density at radius 1 is 1.19 bits per heavy atom. The Morgan fingerprint density at radius 2 is 2.00 bits per heavy atom. The monoisotopic (exact) mass is 355 g/mol. The van der Waals surface area contributed by atoms with Gasteiger partial charge in [-0.05, 0) is 48.2 Å². The molecule has 0 aliphatic carbocycles. The summed E-state index contributed by atoms with van der Waals surface area (Å²) in [5.41, 5.74) is 10.0. The summed E-state index contributed by atoms with van der Waals surface area (Å²) in [7, 11) is 3.20. The van der Waals surface area contributed by atoms with Crippen molar-refractivity contribution in [3.8, 4) is 11.5 Å². The smallest absolute Gasteiger partial charge is 0.239 e. The van der Waals surface area contributed by atoms with Gasteiger partial charge < -0.3 is 25.4 Å². The molecule has 6 heteroatoms. The summed E-state index contributed by atoms with van der Waals surface area (Å²) >= 11 is 0. The largest absolute Gasteiger partial charge is 0.493 e. The summed E-state index contributed by atoms with van der Waals surface area (Å²) in [4.78, 5) is 14.5. The molecule has 2 aromatic rings. The molecule has 0 bridgehead atoms. The van der Waals surface area contributed by atoms with Crippen molar-refractivity contribution < 1.29 is 14.3 Å². The van der Waals surface area contributed by atoms with Gasteiger partial charge in [0.05, 0.1) is 20.8 Å². The quantitative estimate of drug-likeness (QED) is 0.778. The highest BCUT2D eigenvalue weighted by atomic mass is 16.5. The number of fused-ring (bicyclic) bond motifs is 1. The summed E-state index contributed by atoms with van der Waals surface area (Å²) < 4.78 is 10.5. The van der Waals surface area contributed by atoms with E-state index in [4.69, 9.17) is 15.2 Å². The van der Waals surface area contributed by atoms with Gasteiger partial charge in [-0.25, -0.2) is 0 Å². The van der Waals surface area contributed by atoms with Gasteiger partial charge in [-0.1, -0.05) is 12.1 Å². The van der Waals surface area contributed by atoms with Gasteiger partial charge in [0.1, 0.15) is 0 Å². The SMILES string of the molecule is COc1ccc(CNC(=O)CN2CCCc3c(N)cccc32)cc1OC. The van der Waals surface area contributed by atoms with Crippen molar-refractivity contribution in [2.75, 3.05) is 37.9 Å². The van der Waals surface area contributed by atoms with Crippen LogP contribution in [-0.4, -0.2) is 33.2 Å². The number of amides is 1. The van der Waals surface area contributed by atoms with E-state index in [0.29, 0.717) is 24.6 Å². The number of methoxy groups -OCH3 is 2. The fourth-order valence-electron chi connectivity index (χ4n) is 3.31. The van der Waals surface area contributed by atoms with E-state index in [9.17, 15) is 4.79 Å². The first-order valence-corrected chi connectivity index (χ1v) is 8.72. The highest BCUT2D eigenvalue weighted by Crippen LogP contribution is 2.31. The molecule has 138 valence electrons. The Balaban J connectivity index is 1.61. The van der Waals surface area contributed by atoms with Crippen molar-refractivity contribution in [1.29, 1.82) is 0 Å². The zero-order chi connectivity index (χ0) is 18.5. The Morgan fingerprint density at radius 3 is 2.77 bits per heavy atom. The van der Waals surface area contributed by atoms with E-state index in [1.54, 1.807) is 14.2 Å². The number of nitrogens with two attached hydrogens (primary N) is 1. The summed E-state index contributed by atoms with van der Waals surface area (Å²) in [6, 6.07) is 11.5. The molecule has 1 aliphatic rings. The minimum Gasteiger partial charge on any atom is -0.493 e. The summed E-state index contributed by atoms with van der Waals surface area (Å²) in [5.74, 6) is 1.31. The maximum Gasteiger partial charge on any atom is 0.239 e. The second-order valence-electron chi connectivity index (χ2n) is 6.34. The molecule has 3 N–H and O–H groups in total. The molecule has 1 amide bonds. The fraction of sp³-hybridized carbons (Fsp3) is 0.350. The van der Waals surface area contributed by atoms with E-state index in [2.05, 4.69) is 10.2 Å². The van der Waals surface area contributed by atoms with Crippen molar-refractivity contribution in [3.63, 3.8) is 0 Å². The second-order valence-corrected chi connectivity index (χ2v) is 6.34. The summed E-state index contributed by atoms with van der Waals surface area (Å²) in [5, 5.41) is 2.97. The van der Waals surface area contributed by atoms with Crippen molar-refractivity contribution in [3.05, 3.63) is 47.5 Å². The zero-order valence-corrected chi connectivity index (χ0v) is 15.2. The topological polar surface area (TPSA) is 76.8 Å². The van der Waals surface area contributed by atoms with Gasteiger partial charge in [0, 0.05) is 24.5 Å². The molecule has 3 rings (SSSR count). The number of benzene rings is 2. The molecule has 6 nitrogen and oxygen atoms in total. The standard InChI is InChI=1S/C20H25N3O3/c1-25-18-9-8-14(11-19(18)26-2)12-22-20(24)13-23-10-4-5-15-16(21)6-3-7-17(15)23/h3,6-9,11H,4-5,10,12-13,21H2,1-2H3,(H,22,24). The summed E-state index contributed by atoms with van der Waals surface area (Å²) in [6.45, 7) is 1.63. The molecule has 1 aliphatic heterocycles. The van der Waals surface area contributed by atoms with Crippen molar-refractivity contribution in [2.45, 2.75) is 19.4 Å². The lowest BCUT2D eigenvalue weighted by Crippen LogP contribution is -2.39. The molecule has 2 aromatic carbocycles. The number of hydrogen-bond acceptors (Lipinski definition) is 5. The molecule has 0 aromatic heterocycles. The van der Waals surface area contributed by atoms with Gasteiger partial charge in [0.2, 0.25) is 5.91 Å². The molecule has 26 heavy (non-hydrogen) atoms. The molecule has 0 radical (unpaired) electrons. The highest BCUT2D eigenvalue weighted by Gasteiger charge is 2.20. The summed E-state index contributed by atoms with van der Waals surface area (Å²) in [6.07, 6.45) is 1.97. The van der Waals surface area contributed by atoms with Gasteiger partial charge in [-0.3, -0.25) is 4.79 Å². The van der Waals surface area contributed by atoms with Crippen LogP contribution in [0, 0.1) is 0 Å². The van der Waals surface area contributed by atoms with Gasteiger partial charge in [-0.15, -0.1) is 0 Å². The Hall–Kier alpha value is -2.89. The lowest BCUT2D eigenvalue weighted by atomic mass is 10.00.